The normalized spacial score (nSPS) is 10.3. The molecule has 19 heavy (non-hydrogen) atoms. The van der Waals surface area contributed by atoms with Crippen LogP contribution in [0.3, 0.4) is 0 Å². The number of carbonyl (C=O) groups is 1. The molecular weight excluding hydrogens is 246 g/mol. The minimum Gasteiger partial charge on any atom is -0.291 e. The van der Waals surface area contributed by atoms with Crippen molar-refractivity contribution >= 4 is 11.9 Å². The van der Waals surface area contributed by atoms with Gasteiger partial charge in [0.2, 0.25) is 5.95 Å². The lowest BCUT2D eigenvalue weighted by molar-refractivity contribution is 0.102. The van der Waals surface area contributed by atoms with Crippen LogP contribution in [-0.2, 0) is 0 Å². The van der Waals surface area contributed by atoms with E-state index in [-0.39, 0.29) is 5.91 Å². The van der Waals surface area contributed by atoms with Crippen LogP contribution in [-0.4, -0.2) is 35.6 Å². The highest BCUT2D eigenvalue weighted by Crippen LogP contribution is 2.06. The summed E-state index contributed by atoms with van der Waals surface area (Å²) < 4.78 is 1.75. The molecular formula is C11H9N7O. The number of anilines is 1. The number of carbonyl (C=O) groups excluding carboxylic acids is 1. The van der Waals surface area contributed by atoms with Gasteiger partial charge >= 0.3 is 0 Å². The smallest absolute Gasteiger partial charge is 0.259 e. The fourth-order valence-corrected chi connectivity index (χ4v) is 1.51. The fourth-order valence-electron chi connectivity index (χ4n) is 1.51. The van der Waals surface area contributed by atoms with Gasteiger partial charge in [-0.05, 0) is 12.1 Å². The number of hydrogen-bond donors (Lipinski definition) is 2. The van der Waals surface area contributed by atoms with Gasteiger partial charge in [-0.1, -0.05) is 0 Å². The van der Waals surface area contributed by atoms with Crippen LogP contribution in [0, 0.1) is 0 Å². The maximum Gasteiger partial charge on any atom is 0.259 e. The van der Waals surface area contributed by atoms with E-state index in [1.165, 1.54) is 12.5 Å². The number of nitrogens with one attached hydrogen (secondary N) is 2. The Kier molecular flexibility index (Phi) is 2.73. The minimum absolute atomic E-state index is 0.295. The zero-order valence-corrected chi connectivity index (χ0v) is 9.69. The molecule has 2 N–H and O–H groups in total. The zero-order chi connectivity index (χ0) is 13.1. The molecule has 0 aliphatic rings. The molecule has 94 valence electrons. The summed E-state index contributed by atoms with van der Waals surface area (Å²) in [6.45, 7) is 0. The van der Waals surface area contributed by atoms with Gasteiger partial charge in [-0.3, -0.25) is 14.7 Å². The molecule has 0 aromatic carbocycles. The van der Waals surface area contributed by atoms with Crippen molar-refractivity contribution in [1.82, 2.24) is 29.7 Å². The molecule has 0 unspecified atom stereocenters. The van der Waals surface area contributed by atoms with Crippen LogP contribution < -0.4 is 5.32 Å². The van der Waals surface area contributed by atoms with Gasteiger partial charge in [0.1, 0.15) is 18.5 Å². The van der Waals surface area contributed by atoms with E-state index in [2.05, 4.69) is 30.5 Å². The Labute approximate surface area is 107 Å². The van der Waals surface area contributed by atoms with Crippen LogP contribution >= 0.6 is 0 Å². The average Bonchev–Trinajstić information content (AvgIpc) is 3.12. The average molecular weight is 255 g/mol. The van der Waals surface area contributed by atoms with E-state index in [1.54, 1.807) is 35.4 Å². The molecule has 1 amide bonds. The molecule has 0 saturated heterocycles. The van der Waals surface area contributed by atoms with Crippen LogP contribution in [0.5, 0.6) is 0 Å². The number of rotatable bonds is 3. The summed E-state index contributed by atoms with van der Waals surface area (Å²) in [5.41, 5.74) is 0.431. The van der Waals surface area contributed by atoms with Crippen molar-refractivity contribution in [2.45, 2.75) is 0 Å². The first-order valence-electron chi connectivity index (χ1n) is 5.44. The highest BCUT2D eigenvalue weighted by Gasteiger charge is 2.08. The van der Waals surface area contributed by atoms with Crippen molar-refractivity contribution in [2.75, 3.05) is 5.32 Å². The SMILES string of the molecule is O=C(Nc1ncn[nH]1)c1ccc(-n2ccnc2)nc1. The molecule has 0 atom stereocenters. The van der Waals surface area contributed by atoms with Crippen molar-refractivity contribution in [3.8, 4) is 5.82 Å². The first-order valence-corrected chi connectivity index (χ1v) is 5.44. The molecule has 3 aromatic heterocycles. The number of H-pyrrole nitrogens is 1. The summed E-state index contributed by atoms with van der Waals surface area (Å²) in [6, 6.07) is 3.41. The maximum atomic E-state index is 11.9. The van der Waals surface area contributed by atoms with E-state index in [0.717, 1.165) is 0 Å². The molecule has 0 radical (unpaired) electrons. The Balaban J connectivity index is 1.77. The van der Waals surface area contributed by atoms with Crippen LogP contribution in [0.4, 0.5) is 5.95 Å². The number of pyridine rings is 1. The summed E-state index contributed by atoms with van der Waals surface area (Å²) in [5, 5.41) is 8.75. The molecule has 3 heterocycles. The van der Waals surface area contributed by atoms with Gasteiger partial charge in [0.15, 0.2) is 0 Å². The topological polar surface area (TPSA) is 101 Å². The third kappa shape index (κ3) is 2.32. The van der Waals surface area contributed by atoms with E-state index in [4.69, 9.17) is 0 Å². The van der Waals surface area contributed by atoms with Gasteiger partial charge in [-0.2, -0.15) is 10.1 Å². The van der Waals surface area contributed by atoms with Gasteiger partial charge in [-0.15, -0.1) is 0 Å². The summed E-state index contributed by atoms with van der Waals surface area (Å²) in [5.74, 6) is 0.679. The van der Waals surface area contributed by atoms with E-state index in [9.17, 15) is 4.79 Å². The standard InChI is InChI=1S/C11H9N7O/c19-10(16-11-14-6-15-17-11)8-1-2-9(13-5-8)18-4-3-12-7-18/h1-7H,(H2,14,15,16,17,19). The predicted molar refractivity (Wildman–Crippen MR) is 65.7 cm³/mol. The number of amides is 1. The van der Waals surface area contributed by atoms with E-state index in [0.29, 0.717) is 17.3 Å². The van der Waals surface area contributed by atoms with Gasteiger partial charge in [-0.25, -0.2) is 15.1 Å². The fraction of sp³-hybridized carbons (Fsp3) is 0. The van der Waals surface area contributed by atoms with E-state index >= 15 is 0 Å². The molecule has 3 aromatic rings. The molecule has 8 nitrogen and oxygen atoms in total. The Morgan fingerprint density at radius 1 is 1.32 bits per heavy atom. The third-order valence-corrected chi connectivity index (χ3v) is 2.43. The molecule has 3 rings (SSSR count). The second kappa shape index (κ2) is 4.69. The monoisotopic (exact) mass is 255 g/mol. The molecule has 0 fully saturated rings. The van der Waals surface area contributed by atoms with Crippen molar-refractivity contribution in [2.24, 2.45) is 0 Å². The molecule has 0 bridgehead atoms. The van der Waals surface area contributed by atoms with Crippen molar-refractivity contribution in [3.05, 3.63) is 48.9 Å². The van der Waals surface area contributed by atoms with Crippen LogP contribution in [0.25, 0.3) is 5.82 Å². The van der Waals surface area contributed by atoms with Crippen molar-refractivity contribution < 1.29 is 4.79 Å². The van der Waals surface area contributed by atoms with Crippen LogP contribution in [0.15, 0.2) is 43.4 Å². The number of hydrogen-bond acceptors (Lipinski definition) is 5. The van der Waals surface area contributed by atoms with Crippen LogP contribution in [0.1, 0.15) is 10.4 Å². The third-order valence-electron chi connectivity index (χ3n) is 2.43. The minimum atomic E-state index is -0.304. The highest BCUT2D eigenvalue weighted by molar-refractivity contribution is 6.03. The number of aromatic nitrogens is 6. The summed E-state index contributed by atoms with van der Waals surface area (Å²) in [4.78, 5) is 23.8. The van der Waals surface area contributed by atoms with Gasteiger partial charge in [0.25, 0.3) is 5.91 Å². The second-order valence-electron chi connectivity index (χ2n) is 3.66. The van der Waals surface area contributed by atoms with Gasteiger partial charge in [0.05, 0.1) is 5.56 Å². The molecule has 0 spiro atoms. The summed E-state index contributed by atoms with van der Waals surface area (Å²) >= 11 is 0. The van der Waals surface area contributed by atoms with Crippen molar-refractivity contribution in [3.63, 3.8) is 0 Å². The molecule has 0 aliphatic heterocycles. The molecule has 8 heteroatoms. The summed E-state index contributed by atoms with van der Waals surface area (Å²) in [7, 11) is 0. The molecule has 0 aliphatic carbocycles. The Morgan fingerprint density at radius 2 is 2.26 bits per heavy atom. The van der Waals surface area contributed by atoms with E-state index < -0.39 is 0 Å². The zero-order valence-electron chi connectivity index (χ0n) is 9.69. The Bertz CT molecular complexity index is 658. The molecule has 0 saturated carbocycles. The number of nitrogens with zero attached hydrogens (tertiary/aromatic N) is 5. The number of aromatic amines is 1. The maximum absolute atomic E-state index is 11.9. The lowest BCUT2D eigenvalue weighted by atomic mass is 10.2. The summed E-state index contributed by atoms with van der Waals surface area (Å²) in [6.07, 6.45) is 7.87. The Morgan fingerprint density at radius 3 is 2.89 bits per heavy atom. The van der Waals surface area contributed by atoms with Crippen LogP contribution in [0.2, 0.25) is 0 Å². The quantitative estimate of drug-likeness (QED) is 0.715. The number of imidazole rings is 1. The predicted octanol–water partition coefficient (Wildman–Crippen LogP) is 0.638. The second-order valence-corrected chi connectivity index (χ2v) is 3.66. The largest absolute Gasteiger partial charge is 0.291 e. The van der Waals surface area contributed by atoms with Crippen molar-refractivity contribution in [1.29, 1.82) is 0 Å². The first-order chi connectivity index (χ1) is 9.33. The highest BCUT2D eigenvalue weighted by atomic mass is 16.1. The Hall–Kier alpha value is -3.03. The van der Waals surface area contributed by atoms with Gasteiger partial charge in [0, 0.05) is 18.6 Å². The lowest BCUT2D eigenvalue weighted by Gasteiger charge is -2.03. The van der Waals surface area contributed by atoms with E-state index in [1.807, 2.05) is 0 Å². The first kappa shape index (κ1) is 11.1. The van der Waals surface area contributed by atoms with Gasteiger partial charge < -0.3 is 0 Å². The lowest BCUT2D eigenvalue weighted by Crippen LogP contribution is -2.13.